The molecule has 3 aliphatic rings. The second-order valence-corrected chi connectivity index (χ2v) is 8.93. The van der Waals surface area contributed by atoms with Crippen LogP contribution in [0.5, 0.6) is 0 Å². The number of hydrogen-bond donors (Lipinski definition) is 2. The molecule has 1 aromatic rings. The number of rotatable bonds is 5. The number of hydrogen-bond acceptors (Lipinski definition) is 5. The van der Waals surface area contributed by atoms with Gasteiger partial charge in [0.25, 0.3) is 0 Å². The van der Waals surface area contributed by atoms with Crippen molar-refractivity contribution in [2.24, 2.45) is 0 Å². The van der Waals surface area contributed by atoms with Crippen LogP contribution >= 0.6 is 0 Å². The molecule has 0 saturated carbocycles. The Balaban J connectivity index is 1.50. The van der Waals surface area contributed by atoms with Crippen LogP contribution in [0.2, 0.25) is 0 Å². The van der Waals surface area contributed by atoms with E-state index in [4.69, 9.17) is 4.74 Å². The lowest BCUT2D eigenvalue weighted by Crippen LogP contribution is -2.51. The normalized spacial score (nSPS) is 23.9. The minimum atomic E-state index is -0.511. The summed E-state index contributed by atoms with van der Waals surface area (Å²) in [6.45, 7) is 6.95. The largest absolute Gasteiger partial charge is 0.466 e. The van der Waals surface area contributed by atoms with E-state index in [1.165, 1.54) is 39.5 Å². The zero-order valence-corrected chi connectivity index (χ0v) is 18.7. The number of esters is 1. The molecule has 3 heterocycles. The maximum atomic E-state index is 12.7. The number of ether oxygens (including phenoxy) is 1. The first-order valence-electron chi connectivity index (χ1n) is 11.5. The van der Waals surface area contributed by atoms with E-state index in [1.54, 1.807) is 0 Å². The average Bonchev–Trinajstić information content (AvgIpc) is 2.80. The van der Waals surface area contributed by atoms with Crippen molar-refractivity contribution < 1.29 is 14.3 Å². The summed E-state index contributed by atoms with van der Waals surface area (Å²) in [6.07, 6.45) is 6.25. The molecule has 0 aliphatic carbocycles. The first kappa shape index (κ1) is 21.8. The first-order valence-corrected chi connectivity index (χ1v) is 11.5. The van der Waals surface area contributed by atoms with Gasteiger partial charge in [0, 0.05) is 31.4 Å². The van der Waals surface area contributed by atoms with E-state index in [1.807, 2.05) is 31.2 Å². The number of nitrogens with one attached hydrogen (secondary N) is 2. The van der Waals surface area contributed by atoms with Gasteiger partial charge in [0.15, 0.2) is 0 Å². The Morgan fingerprint density at radius 2 is 1.74 bits per heavy atom. The van der Waals surface area contributed by atoms with E-state index < -0.39 is 12.0 Å². The lowest BCUT2D eigenvalue weighted by atomic mass is 9.94. The molecule has 7 nitrogen and oxygen atoms in total. The predicted molar refractivity (Wildman–Crippen MR) is 120 cm³/mol. The SMILES string of the molecule is COC(=O)C1=C(CN2CCC(N3CCCCC3)CC2)NC(=O)NC1c1ccc(C)cc1. The van der Waals surface area contributed by atoms with Gasteiger partial charge in [-0.2, -0.15) is 0 Å². The van der Waals surface area contributed by atoms with E-state index in [0.717, 1.165) is 37.1 Å². The molecule has 31 heavy (non-hydrogen) atoms. The Hall–Kier alpha value is -2.38. The molecular weight excluding hydrogens is 392 g/mol. The van der Waals surface area contributed by atoms with Crippen LogP contribution in [0.15, 0.2) is 35.5 Å². The van der Waals surface area contributed by atoms with Crippen LogP contribution in [0.3, 0.4) is 0 Å². The summed E-state index contributed by atoms with van der Waals surface area (Å²) in [5, 5.41) is 5.79. The highest BCUT2D eigenvalue weighted by Gasteiger charge is 2.35. The van der Waals surface area contributed by atoms with Crippen molar-refractivity contribution in [2.45, 2.75) is 51.1 Å². The number of methoxy groups -OCH3 is 1. The van der Waals surface area contributed by atoms with Gasteiger partial charge in [-0.1, -0.05) is 36.2 Å². The summed E-state index contributed by atoms with van der Waals surface area (Å²) in [6, 6.07) is 7.76. The number of amides is 2. The Labute approximate surface area is 184 Å². The molecule has 7 heteroatoms. The highest BCUT2D eigenvalue weighted by molar-refractivity contribution is 5.95. The number of piperidine rings is 2. The van der Waals surface area contributed by atoms with Gasteiger partial charge >= 0.3 is 12.0 Å². The van der Waals surface area contributed by atoms with Crippen molar-refractivity contribution in [2.75, 3.05) is 39.8 Å². The van der Waals surface area contributed by atoms with Crippen molar-refractivity contribution in [3.8, 4) is 0 Å². The molecule has 2 fully saturated rings. The molecule has 3 aliphatic heterocycles. The standard InChI is InChI=1S/C24H34N4O3/c1-17-6-8-18(9-7-17)22-21(23(29)31-2)20(25-24(30)26-22)16-27-14-10-19(11-15-27)28-12-4-3-5-13-28/h6-9,19,22H,3-5,10-16H2,1-2H3,(H2,25,26,30). The van der Waals surface area contributed by atoms with Gasteiger partial charge in [-0.3, -0.25) is 4.90 Å². The molecule has 1 unspecified atom stereocenters. The average molecular weight is 427 g/mol. The quantitative estimate of drug-likeness (QED) is 0.709. The maximum Gasteiger partial charge on any atom is 0.338 e. The zero-order chi connectivity index (χ0) is 21.8. The van der Waals surface area contributed by atoms with Gasteiger partial charge in [0.1, 0.15) is 0 Å². The highest BCUT2D eigenvalue weighted by atomic mass is 16.5. The van der Waals surface area contributed by atoms with Gasteiger partial charge in [-0.05, 0) is 51.3 Å². The van der Waals surface area contributed by atoms with Gasteiger partial charge < -0.3 is 20.3 Å². The molecule has 1 aromatic carbocycles. The molecule has 0 radical (unpaired) electrons. The van der Waals surface area contributed by atoms with Crippen molar-refractivity contribution in [3.05, 3.63) is 46.7 Å². The number of urea groups is 1. The van der Waals surface area contributed by atoms with Crippen LogP contribution in [0, 0.1) is 6.92 Å². The summed E-state index contributed by atoms with van der Waals surface area (Å²) < 4.78 is 5.10. The number of carbonyl (C=O) groups is 2. The van der Waals surface area contributed by atoms with Crippen LogP contribution in [0.1, 0.15) is 49.3 Å². The molecule has 4 rings (SSSR count). The molecule has 0 spiro atoms. The number of aryl methyl sites for hydroxylation is 1. The second-order valence-electron chi connectivity index (χ2n) is 8.93. The summed E-state index contributed by atoms with van der Waals surface area (Å²) in [5.74, 6) is -0.406. The third-order valence-corrected chi connectivity index (χ3v) is 6.82. The smallest absolute Gasteiger partial charge is 0.338 e. The molecule has 2 N–H and O–H groups in total. The van der Waals surface area contributed by atoms with Crippen molar-refractivity contribution in [3.63, 3.8) is 0 Å². The molecule has 1 atom stereocenters. The lowest BCUT2D eigenvalue weighted by molar-refractivity contribution is -0.136. The van der Waals surface area contributed by atoms with Crippen LogP contribution in [0.4, 0.5) is 4.79 Å². The molecule has 0 bridgehead atoms. The fourth-order valence-electron chi connectivity index (χ4n) is 5.05. The number of nitrogens with zero attached hydrogens (tertiary/aromatic N) is 2. The number of likely N-dealkylation sites (tertiary alicyclic amines) is 2. The topological polar surface area (TPSA) is 73.9 Å². The van der Waals surface area contributed by atoms with E-state index in [2.05, 4.69) is 20.4 Å². The lowest BCUT2D eigenvalue weighted by Gasteiger charge is -2.41. The molecule has 2 saturated heterocycles. The van der Waals surface area contributed by atoms with E-state index in [9.17, 15) is 9.59 Å². The zero-order valence-electron chi connectivity index (χ0n) is 18.7. The minimum Gasteiger partial charge on any atom is -0.466 e. The fourth-order valence-corrected chi connectivity index (χ4v) is 5.05. The molecule has 0 aromatic heterocycles. The minimum absolute atomic E-state index is 0.281. The van der Waals surface area contributed by atoms with E-state index in [0.29, 0.717) is 23.9 Å². The van der Waals surface area contributed by atoms with Crippen molar-refractivity contribution in [1.29, 1.82) is 0 Å². The van der Waals surface area contributed by atoms with E-state index >= 15 is 0 Å². The summed E-state index contributed by atoms with van der Waals surface area (Å²) in [7, 11) is 1.39. The Bertz CT molecular complexity index is 822. The maximum absolute atomic E-state index is 12.7. The fraction of sp³-hybridized carbons (Fsp3) is 0.583. The van der Waals surface area contributed by atoms with Crippen LogP contribution < -0.4 is 10.6 Å². The number of benzene rings is 1. The third-order valence-electron chi connectivity index (χ3n) is 6.82. The predicted octanol–water partition coefficient (Wildman–Crippen LogP) is 2.73. The molecular formula is C24H34N4O3. The summed E-state index contributed by atoms with van der Waals surface area (Å²) in [4.78, 5) is 30.2. The second kappa shape index (κ2) is 9.83. The summed E-state index contributed by atoms with van der Waals surface area (Å²) >= 11 is 0. The summed E-state index contributed by atoms with van der Waals surface area (Å²) in [5.41, 5.74) is 3.15. The third kappa shape index (κ3) is 5.10. The Morgan fingerprint density at radius 1 is 1.06 bits per heavy atom. The van der Waals surface area contributed by atoms with E-state index in [-0.39, 0.29) is 6.03 Å². The van der Waals surface area contributed by atoms with Gasteiger partial charge in [-0.25, -0.2) is 9.59 Å². The Morgan fingerprint density at radius 3 is 2.39 bits per heavy atom. The molecule has 2 amide bonds. The first-order chi connectivity index (χ1) is 15.0. The number of carbonyl (C=O) groups excluding carboxylic acids is 2. The highest BCUT2D eigenvalue weighted by Crippen LogP contribution is 2.29. The van der Waals surface area contributed by atoms with Crippen LogP contribution in [-0.2, 0) is 9.53 Å². The van der Waals surface area contributed by atoms with Gasteiger partial charge in [0.2, 0.25) is 0 Å². The van der Waals surface area contributed by atoms with Crippen molar-refractivity contribution >= 4 is 12.0 Å². The Kier molecular flexibility index (Phi) is 6.92. The molecule has 168 valence electrons. The van der Waals surface area contributed by atoms with Crippen LogP contribution in [-0.4, -0.2) is 67.7 Å². The van der Waals surface area contributed by atoms with Crippen molar-refractivity contribution in [1.82, 2.24) is 20.4 Å². The van der Waals surface area contributed by atoms with Gasteiger partial charge in [-0.15, -0.1) is 0 Å². The van der Waals surface area contributed by atoms with Gasteiger partial charge in [0.05, 0.1) is 18.7 Å². The monoisotopic (exact) mass is 426 g/mol. The van der Waals surface area contributed by atoms with Crippen LogP contribution in [0.25, 0.3) is 0 Å².